The van der Waals surface area contributed by atoms with Gasteiger partial charge in [-0.2, -0.15) is 10.5 Å². The van der Waals surface area contributed by atoms with Gasteiger partial charge in [-0.3, -0.25) is 24.1 Å². The van der Waals surface area contributed by atoms with Crippen LogP contribution in [0.5, 0.6) is 0 Å². The number of anilines is 1. The van der Waals surface area contributed by atoms with Crippen LogP contribution in [0.4, 0.5) is 5.69 Å². The summed E-state index contributed by atoms with van der Waals surface area (Å²) in [6.07, 6.45) is 0.794. The zero-order valence-electron chi connectivity index (χ0n) is 21.0. The highest BCUT2D eigenvalue weighted by Crippen LogP contribution is 2.43. The number of carbonyl (C=O) groups excluding carboxylic acids is 4. The average Bonchev–Trinajstić information content (AvgIpc) is 2.92. The van der Waals surface area contributed by atoms with E-state index in [-0.39, 0.29) is 50.6 Å². The molecule has 38 heavy (non-hydrogen) atoms. The molecule has 2 aliphatic rings. The minimum absolute atomic E-state index is 0.00828. The lowest BCUT2D eigenvalue weighted by Crippen LogP contribution is -2.49. The van der Waals surface area contributed by atoms with Gasteiger partial charge in [0.2, 0.25) is 0 Å². The van der Waals surface area contributed by atoms with Gasteiger partial charge in [-0.05, 0) is 43.0 Å². The second kappa shape index (κ2) is 8.91. The smallest absolute Gasteiger partial charge is 0.267 e. The summed E-state index contributed by atoms with van der Waals surface area (Å²) in [5.74, 6) is -3.01. The van der Waals surface area contributed by atoms with Crippen molar-refractivity contribution >= 4 is 40.1 Å². The van der Waals surface area contributed by atoms with E-state index in [0.717, 1.165) is 15.4 Å². The van der Waals surface area contributed by atoms with Gasteiger partial charge in [-0.1, -0.05) is 32.0 Å². The minimum Gasteiger partial charge on any atom is -0.394 e. The molecule has 4 amide bonds. The quantitative estimate of drug-likeness (QED) is 0.521. The number of rotatable bonds is 5. The average molecular weight is 507 g/mol. The second-order valence-electron chi connectivity index (χ2n) is 9.27. The molecule has 0 radical (unpaired) electrons. The highest BCUT2D eigenvalue weighted by Gasteiger charge is 2.45. The third-order valence-electron chi connectivity index (χ3n) is 7.35. The van der Waals surface area contributed by atoms with Crippen molar-refractivity contribution in [3.63, 3.8) is 0 Å². The van der Waals surface area contributed by atoms with E-state index in [0.29, 0.717) is 17.7 Å². The monoisotopic (exact) mass is 506 g/mol. The van der Waals surface area contributed by atoms with E-state index in [2.05, 4.69) is 0 Å². The van der Waals surface area contributed by atoms with Gasteiger partial charge < -0.3 is 5.11 Å². The molecule has 0 aromatic heterocycles. The van der Waals surface area contributed by atoms with Crippen LogP contribution in [0.1, 0.15) is 84.0 Å². The Labute approximate surface area is 218 Å². The Morgan fingerprint density at radius 3 is 1.97 bits per heavy atom. The van der Waals surface area contributed by atoms with Crippen molar-refractivity contribution in [2.45, 2.75) is 39.7 Å². The van der Waals surface area contributed by atoms with Crippen LogP contribution in [0.15, 0.2) is 30.3 Å². The number of carbonyl (C=O) groups is 4. The van der Waals surface area contributed by atoms with E-state index >= 15 is 0 Å². The lowest BCUT2D eigenvalue weighted by Gasteiger charge is -2.36. The summed E-state index contributed by atoms with van der Waals surface area (Å²) >= 11 is 0. The Balaban J connectivity index is 1.91. The summed E-state index contributed by atoms with van der Waals surface area (Å²) in [6, 6.07) is 11.0. The Bertz CT molecular complexity index is 1710. The fourth-order valence-corrected chi connectivity index (χ4v) is 5.51. The van der Waals surface area contributed by atoms with Crippen molar-refractivity contribution in [2.24, 2.45) is 0 Å². The molecule has 0 saturated heterocycles. The number of amides is 4. The predicted molar refractivity (Wildman–Crippen MR) is 137 cm³/mol. The molecule has 0 saturated carbocycles. The minimum atomic E-state index is -0.852. The Morgan fingerprint density at radius 1 is 0.868 bits per heavy atom. The molecule has 0 aliphatic carbocycles. The van der Waals surface area contributed by atoms with Gasteiger partial charge in [0, 0.05) is 10.8 Å². The Morgan fingerprint density at radius 2 is 1.45 bits per heavy atom. The van der Waals surface area contributed by atoms with Gasteiger partial charge in [-0.15, -0.1) is 0 Å². The van der Waals surface area contributed by atoms with Gasteiger partial charge in [0.25, 0.3) is 23.6 Å². The zero-order valence-corrected chi connectivity index (χ0v) is 21.0. The molecule has 3 aromatic carbocycles. The first-order valence-corrected chi connectivity index (χ1v) is 12.2. The van der Waals surface area contributed by atoms with Crippen LogP contribution in [-0.2, 0) is 6.42 Å². The molecule has 0 spiro atoms. The van der Waals surface area contributed by atoms with Crippen molar-refractivity contribution < 1.29 is 24.3 Å². The van der Waals surface area contributed by atoms with Crippen LogP contribution in [-0.4, -0.2) is 46.3 Å². The number of aryl methyl sites for hydroxylation is 2. The number of hydrogen-bond donors (Lipinski definition) is 1. The number of hydrogen-bond acceptors (Lipinski definition) is 7. The molecular formula is C29H22N4O5. The third kappa shape index (κ3) is 3.13. The van der Waals surface area contributed by atoms with Crippen LogP contribution in [0, 0.1) is 29.6 Å². The summed E-state index contributed by atoms with van der Waals surface area (Å²) in [5, 5.41) is 29.9. The van der Waals surface area contributed by atoms with E-state index < -0.39 is 36.3 Å². The number of para-hydroxylation sites is 1. The fraction of sp³-hybridized carbons (Fsp3) is 0.241. The summed E-state index contributed by atoms with van der Waals surface area (Å²) in [7, 11) is 0. The lowest BCUT2D eigenvalue weighted by atomic mass is 9.81. The molecule has 9 nitrogen and oxygen atoms in total. The number of aliphatic hydroxyl groups excluding tert-OH is 1. The van der Waals surface area contributed by atoms with E-state index in [4.69, 9.17) is 0 Å². The first-order valence-electron chi connectivity index (χ1n) is 12.2. The van der Waals surface area contributed by atoms with E-state index in [1.807, 2.05) is 31.2 Å². The number of nitrogens with zero attached hydrogens (tertiary/aromatic N) is 4. The summed E-state index contributed by atoms with van der Waals surface area (Å²) in [4.78, 5) is 57.0. The molecule has 188 valence electrons. The summed E-state index contributed by atoms with van der Waals surface area (Å²) < 4.78 is 0. The molecule has 2 heterocycles. The largest absolute Gasteiger partial charge is 0.394 e. The topological polar surface area (TPSA) is 143 Å². The van der Waals surface area contributed by atoms with Crippen molar-refractivity contribution in [1.82, 2.24) is 4.90 Å². The highest BCUT2D eigenvalue weighted by atomic mass is 16.3. The molecule has 3 aromatic rings. The first-order chi connectivity index (χ1) is 18.2. The molecule has 1 N–H and O–H groups in total. The highest BCUT2D eigenvalue weighted by molar-refractivity contribution is 6.40. The zero-order chi connectivity index (χ0) is 27.5. The first kappa shape index (κ1) is 24.8. The van der Waals surface area contributed by atoms with Crippen LogP contribution in [0.2, 0.25) is 0 Å². The molecule has 1 atom stereocenters. The number of benzene rings is 3. The summed E-state index contributed by atoms with van der Waals surface area (Å²) in [5.41, 5.74) is 1.23. The molecule has 0 fully saturated rings. The van der Waals surface area contributed by atoms with Gasteiger partial charge in [-0.25, -0.2) is 4.90 Å². The number of nitriles is 2. The van der Waals surface area contributed by atoms with Crippen molar-refractivity contribution in [3.05, 3.63) is 74.8 Å². The van der Waals surface area contributed by atoms with Crippen molar-refractivity contribution in [2.75, 3.05) is 11.5 Å². The Kier molecular flexibility index (Phi) is 5.82. The van der Waals surface area contributed by atoms with E-state index in [9.17, 15) is 34.8 Å². The van der Waals surface area contributed by atoms with E-state index in [1.54, 1.807) is 19.9 Å². The second-order valence-corrected chi connectivity index (χ2v) is 9.27. The molecule has 5 rings (SSSR count). The third-order valence-corrected chi connectivity index (χ3v) is 7.35. The van der Waals surface area contributed by atoms with Gasteiger partial charge in [0.1, 0.15) is 12.1 Å². The van der Waals surface area contributed by atoms with Gasteiger partial charge in [0.05, 0.1) is 51.7 Å². The van der Waals surface area contributed by atoms with Crippen molar-refractivity contribution in [3.8, 4) is 12.1 Å². The lowest BCUT2D eigenvalue weighted by molar-refractivity contribution is 0.0464. The maximum Gasteiger partial charge on any atom is 0.267 e. The van der Waals surface area contributed by atoms with Crippen LogP contribution in [0.25, 0.3) is 10.8 Å². The molecule has 2 aliphatic heterocycles. The number of aliphatic hydroxyl groups is 1. The maximum atomic E-state index is 14.0. The molecule has 0 bridgehead atoms. The molecule has 9 heteroatoms. The van der Waals surface area contributed by atoms with E-state index in [1.165, 1.54) is 12.1 Å². The van der Waals surface area contributed by atoms with Crippen molar-refractivity contribution in [1.29, 1.82) is 10.5 Å². The normalized spacial score (nSPS) is 15.1. The van der Waals surface area contributed by atoms with Crippen LogP contribution in [0.3, 0.4) is 0 Å². The maximum absolute atomic E-state index is 14.0. The summed E-state index contributed by atoms with van der Waals surface area (Å²) in [6.45, 7) is 4.88. The molecule has 1 unspecified atom stereocenters. The van der Waals surface area contributed by atoms with Crippen LogP contribution >= 0.6 is 0 Å². The van der Waals surface area contributed by atoms with Crippen LogP contribution < -0.4 is 4.90 Å². The predicted octanol–water partition coefficient (Wildman–Crippen LogP) is 3.62. The Hall–Kier alpha value is -4.86. The molecular weight excluding hydrogens is 484 g/mol. The van der Waals surface area contributed by atoms with Gasteiger partial charge >= 0.3 is 0 Å². The standard InChI is InChI=1S/C29H22N4O5/c1-4-15-8-6-7-14(3)25(15)33-27(36)20-10-16(11-30)21-23-19(9-17(12-31)22(24(20)23)29(33)38)26(35)32(28(21)37)18(5-2)13-34/h6-10,18,34H,4-5,13H2,1-3H3. The SMILES string of the molecule is CCc1cccc(C)c1N1C(=O)c2cc(C#N)c3c4c(cc(C#N)c(c24)C1=O)C(=O)N(C(CC)CO)C3=O. The van der Waals surface area contributed by atoms with Gasteiger partial charge in [0.15, 0.2) is 0 Å². The number of imide groups is 2. The fourth-order valence-electron chi connectivity index (χ4n) is 5.51.